The molecule has 0 aromatic heterocycles. The van der Waals surface area contributed by atoms with Crippen LogP contribution in [0.4, 0.5) is 5.69 Å². The highest BCUT2D eigenvalue weighted by Gasteiger charge is 2.21. The number of amides is 1. The van der Waals surface area contributed by atoms with Gasteiger partial charge >= 0.3 is 0 Å². The van der Waals surface area contributed by atoms with Crippen LogP contribution in [0.5, 0.6) is 0 Å². The first kappa shape index (κ1) is 13.9. The molecule has 0 heterocycles. The Morgan fingerprint density at radius 2 is 1.84 bits per heavy atom. The smallest absolute Gasteiger partial charge is 0.250 e. The molecule has 0 atom stereocenters. The van der Waals surface area contributed by atoms with E-state index in [1.165, 1.54) is 12.8 Å². The predicted molar refractivity (Wildman–Crippen MR) is 78.4 cm³/mol. The van der Waals surface area contributed by atoms with Gasteiger partial charge in [0.2, 0.25) is 0 Å². The van der Waals surface area contributed by atoms with Gasteiger partial charge in [-0.2, -0.15) is 0 Å². The highest BCUT2D eigenvalue weighted by atomic mass is 16.1. The molecule has 1 aromatic carbocycles. The van der Waals surface area contributed by atoms with Crippen molar-refractivity contribution in [2.75, 3.05) is 12.4 Å². The second-order valence-corrected chi connectivity index (χ2v) is 5.39. The van der Waals surface area contributed by atoms with Crippen molar-refractivity contribution in [2.45, 2.75) is 44.7 Å². The van der Waals surface area contributed by atoms with Gasteiger partial charge in [-0.1, -0.05) is 6.07 Å². The van der Waals surface area contributed by atoms with Gasteiger partial charge in [-0.05, 0) is 57.4 Å². The average Bonchev–Trinajstić information content (AvgIpc) is 2.39. The largest absolute Gasteiger partial charge is 0.382 e. The van der Waals surface area contributed by atoms with Crippen LogP contribution >= 0.6 is 0 Å². The van der Waals surface area contributed by atoms with Crippen molar-refractivity contribution in [3.05, 3.63) is 29.3 Å². The number of primary amides is 1. The third-order valence-corrected chi connectivity index (χ3v) is 3.94. The summed E-state index contributed by atoms with van der Waals surface area (Å²) in [5, 5.41) is 6.81. The van der Waals surface area contributed by atoms with Crippen LogP contribution in [-0.4, -0.2) is 25.0 Å². The first-order valence-electron chi connectivity index (χ1n) is 6.94. The van der Waals surface area contributed by atoms with E-state index in [2.05, 4.69) is 10.6 Å². The summed E-state index contributed by atoms with van der Waals surface area (Å²) in [5.74, 6) is -0.369. The maximum absolute atomic E-state index is 11.4. The molecule has 19 heavy (non-hydrogen) atoms. The molecule has 0 spiro atoms. The lowest BCUT2D eigenvalue weighted by atomic mass is 9.91. The van der Waals surface area contributed by atoms with E-state index in [9.17, 15) is 4.79 Å². The van der Waals surface area contributed by atoms with E-state index >= 15 is 0 Å². The number of nitrogens with one attached hydrogen (secondary N) is 2. The molecule has 0 bridgehead atoms. The van der Waals surface area contributed by atoms with Crippen molar-refractivity contribution in [2.24, 2.45) is 5.73 Å². The van der Waals surface area contributed by atoms with Gasteiger partial charge in [-0.15, -0.1) is 0 Å². The number of nitrogens with two attached hydrogens (primary N) is 1. The van der Waals surface area contributed by atoms with Gasteiger partial charge in [0.05, 0.1) is 5.56 Å². The van der Waals surface area contributed by atoms with Gasteiger partial charge in [0.25, 0.3) is 5.91 Å². The fourth-order valence-corrected chi connectivity index (χ4v) is 2.74. The van der Waals surface area contributed by atoms with Crippen molar-refractivity contribution in [3.63, 3.8) is 0 Å². The summed E-state index contributed by atoms with van der Waals surface area (Å²) < 4.78 is 0. The van der Waals surface area contributed by atoms with Crippen molar-refractivity contribution < 1.29 is 4.79 Å². The summed E-state index contributed by atoms with van der Waals surface area (Å²) in [5.41, 5.74) is 8.02. The Morgan fingerprint density at radius 3 is 2.42 bits per heavy atom. The van der Waals surface area contributed by atoms with Crippen LogP contribution in [0.25, 0.3) is 0 Å². The molecule has 0 saturated heterocycles. The quantitative estimate of drug-likeness (QED) is 0.777. The minimum absolute atomic E-state index is 0.369. The van der Waals surface area contributed by atoms with Crippen LogP contribution in [0.2, 0.25) is 0 Å². The van der Waals surface area contributed by atoms with Crippen molar-refractivity contribution >= 4 is 11.6 Å². The van der Waals surface area contributed by atoms with E-state index in [1.807, 2.05) is 26.1 Å². The Balaban J connectivity index is 2.06. The van der Waals surface area contributed by atoms with Crippen molar-refractivity contribution in [1.29, 1.82) is 0 Å². The van der Waals surface area contributed by atoms with Gasteiger partial charge in [-0.25, -0.2) is 0 Å². The maximum atomic E-state index is 11.4. The van der Waals surface area contributed by atoms with Gasteiger partial charge < -0.3 is 16.4 Å². The molecule has 2 rings (SSSR count). The van der Waals surface area contributed by atoms with Crippen molar-refractivity contribution in [1.82, 2.24) is 5.32 Å². The normalized spacial score (nSPS) is 23.1. The van der Waals surface area contributed by atoms with Crippen LogP contribution in [0.3, 0.4) is 0 Å². The number of anilines is 1. The predicted octanol–water partition coefficient (Wildman–Crippen LogP) is 2.04. The lowest BCUT2D eigenvalue weighted by molar-refractivity contribution is 0.100. The summed E-state index contributed by atoms with van der Waals surface area (Å²) in [6.45, 7) is 2.02. The molecular weight excluding hydrogens is 238 g/mol. The highest BCUT2D eigenvalue weighted by molar-refractivity contribution is 5.98. The van der Waals surface area contributed by atoms with E-state index in [0.29, 0.717) is 17.6 Å². The van der Waals surface area contributed by atoms with Gasteiger partial charge in [0.1, 0.15) is 0 Å². The summed E-state index contributed by atoms with van der Waals surface area (Å²) in [4.78, 5) is 11.4. The number of hydrogen-bond donors (Lipinski definition) is 3. The Kier molecular flexibility index (Phi) is 4.43. The third kappa shape index (κ3) is 3.47. The Bertz CT molecular complexity index is 451. The van der Waals surface area contributed by atoms with E-state index in [-0.39, 0.29) is 5.91 Å². The molecule has 104 valence electrons. The zero-order chi connectivity index (χ0) is 13.8. The summed E-state index contributed by atoms with van der Waals surface area (Å²) in [6.07, 6.45) is 4.59. The van der Waals surface area contributed by atoms with E-state index in [0.717, 1.165) is 24.1 Å². The zero-order valence-electron chi connectivity index (χ0n) is 11.7. The van der Waals surface area contributed by atoms with Crippen LogP contribution in [0.1, 0.15) is 41.6 Å². The SMILES string of the molecule is CNC1CCC(Nc2cc(C)ccc2C(N)=O)CC1. The van der Waals surface area contributed by atoms with Crippen molar-refractivity contribution in [3.8, 4) is 0 Å². The maximum Gasteiger partial charge on any atom is 0.250 e. The molecule has 1 aliphatic rings. The molecule has 0 unspecified atom stereocenters. The number of carbonyl (C=O) groups is 1. The molecular formula is C15H23N3O. The topological polar surface area (TPSA) is 67.2 Å². The highest BCUT2D eigenvalue weighted by Crippen LogP contribution is 2.24. The Hall–Kier alpha value is -1.55. The molecule has 4 N–H and O–H groups in total. The fraction of sp³-hybridized carbons (Fsp3) is 0.533. The minimum atomic E-state index is -0.369. The first-order chi connectivity index (χ1) is 9.10. The van der Waals surface area contributed by atoms with Gasteiger partial charge in [0.15, 0.2) is 0 Å². The average molecular weight is 261 g/mol. The zero-order valence-corrected chi connectivity index (χ0v) is 11.7. The van der Waals surface area contributed by atoms with Crippen LogP contribution in [0, 0.1) is 6.92 Å². The number of aryl methyl sites for hydroxylation is 1. The number of carbonyl (C=O) groups excluding carboxylic acids is 1. The molecule has 1 fully saturated rings. The van der Waals surface area contributed by atoms with Gasteiger partial charge in [0, 0.05) is 17.8 Å². The molecule has 0 radical (unpaired) electrons. The second-order valence-electron chi connectivity index (χ2n) is 5.39. The summed E-state index contributed by atoms with van der Waals surface area (Å²) in [6, 6.07) is 6.79. The minimum Gasteiger partial charge on any atom is -0.382 e. The third-order valence-electron chi connectivity index (χ3n) is 3.94. The van der Waals surface area contributed by atoms with Crippen LogP contribution < -0.4 is 16.4 Å². The lowest BCUT2D eigenvalue weighted by Gasteiger charge is -2.30. The standard InChI is InChI=1S/C15H23N3O/c1-10-3-8-13(15(16)19)14(9-10)18-12-6-4-11(17-2)5-7-12/h3,8-9,11-12,17-18H,4-7H2,1-2H3,(H2,16,19). The molecule has 1 aromatic rings. The molecule has 0 aliphatic heterocycles. The van der Waals surface area contributed by atoms with E-state index in [4.69, 9.17) is 5.73 Å². The Labute approximate surface area is 114 Å². The van der Waals surface area contributed by atoms with E-state index in [1.54, 1.807) is 6.07 Å². The van der Waals surface area contributed by atoms with Crippen LogP contribution in [0.15, 0.2) is 18.2 Å². The molecule has 1 aliphatic carbocycles. The second kappa shape index (κ2) is 6.06. The molecule has 4 heteroatoms. The molecule has 1 amide bonds. The molecule has 4 nitrogen and oxygen atoms in total. The summed E-state index contributed by atoms with van der Waals surface area (Å²) >= 11 is 0. The number of hydrogen-bond acceptors (Lipinski definition) is 3. The van der Waals surface area contributed by atoms with Crippen LogP contribution in [-0.2, 0) is 0 Å². The van der Waals surface area contributed by atoms with E-state index < -0.39 is 0 Å². The fourth-order valence-electron chi connectivity index (χ4n) is 2.74. The number of rotatable bonds is 4. The molecule has 1 saturated carbocycles. The van der Waals surface area contributed by atoms with Gasteiger partial charge in [-0.3, -0.25) is 4.79 Å². The first-order valence-corrected chi connectivity index (χ1v) is 6.94. The lowest BCUT2D eigenvalue weighted by Crippen LogP contribution is -2.35. The number of benzene rings is 1. The summed E-state index contributed by atoms with van der Waals surface area (Å²) in [7, 11) is 2.02. The Morgan fingerprint density at radius 1 is 1.21 bits per heavy atom. The monoisotopic (exact) mass is 261 g/mol.